The van der Waals surface area contributed by atoms with E-state index in [-0.39, 0.29) is 10.8 Å². The molecule has 10 heteroatoms. The van der Waals surface area contributed by atoms with E-state index < -0.39 is 10.0 Å². The van der Waals surface area contributed by atoms with Crippen molar-refractivity contribution >= 4 is 39.1 Å². The maximum absolute atomic E-state index is 13.5. The summed E-state index contributed by atoms with van der Waals surface area (Å²) in [5, 5.41) is 2.75. The van der Waals surface area contributed by atoms with Gasteiger partial charge in [0.05, 0.1) is 33.1 Å². The molecule has 3 aromatic carbocycles. The number of carbonyl (C=O) groups is 1. The number of sulfonamides is 1. The molecule has 9 nitrogen and oxygen atoms in total. The molecule has 0 aromatic heterocycles. The summed E-state index contributed by atoms with van der Waals surface area (Å²) in [6.07, 6.45) is 3.06. The summed E-state index contributed by atoms with van der Waals surface area (Å²) in [4.78, 5) is 14.6. The molecule has 1 saturated heterocycles. The number of carbonyl (C=O) groups excluding carboxylic acids is 1. The van der Waals surface area contributed by atoms with Crippen LogP contribution >= 0.6 is 0 Å². The first-order valence-electron chi connectivity index (χ1n) is 11.6. The number of hydrogen-bond acceptors (Lipinski definition) is 7. The van der Waals surface area contributed by atoms with Crippen LogP contribution in [-0.4, -0.2) is 54.8 Å². The van der Waals surface area contributed by atoms with Gasteiger partial charge in [-0.15, -0.1) is 0 Å². The van der Waals surface area contributed by atoms with E-state index in [2.05, 4.69) is 10.0 Å². The van der Waals surface area contributed by atoms with Gasteiger partial charge in [0.15, 0.2) is 0 Å². The second kappa shape index (κ2) is 11.8. The van der Waals surface area contributed by atoms with Gasteiger partial charge in [-0.1, -0.05) is 12.1 Å². The zero-order chi connectivity index (χ0) is 26.3. The van der Waals surface area contributed by atoms with Crippen LogP contribution in [-0.2, 0) is 19.6 Å². The van der Waals surface area contributed by atoms with Gasteiger partial charge < -0.3 is 24.4 Å². The van der Waals surface area contributed by atoms with Crippen LogP contribution in [0.3, 0.4) is 0 Å². The fraction of sp³-hybridized carbons (Fsp3) is 0.222. The molecule has 4 rings (SSSR count). The van der Waals surface area contributed by atoms with Crippen molar-refractivity contribution in [3.8, 4) is 11.5 Å². The van der Waals surface area contributed by atoms with Crippen LogP contribution in [0, 0.1) is 0 Å². The number of hydrogen-bond donors (Lipinski definition) is 2. The molecule has 0 radical (unpaired) electrons. The van der Waals surface area contributed by atoms with Crippen molar-refractivity contribution in [1.29, 1.82) is 0 Å². The Morgan fingerprint density at radius 3 is 2.11 bits per heavy atom. The van der Waals surface area contributed by atoms with Gasteiger partial charge in [-0.05, 0) is 66.2 Å². The average Bonchev–Trinajstić information content (AvgIpc) is 2.93. The molecule has 1 aliphatic rings. The third kappa shape index (κ3) is 6.81. The van der Waals surface area contributed by atoms with Crippen LogP contribution in [0.15, 0.2) is 77.7 Å². The molecular weight excluding hydrogens is 494 g/mol. The number of methoxy groups -OCH3 is 2. The third-order valence-electron chi connectivity index (χ3n) is 5.75. The number of ether oxygens (including phenoxy) is 3. The summed E-state index contributed by atoms with van der Waals surface area (Å²) in [5.74, 6) is 0.949. The third-order valence-corrected chi connectivity index (χ3v) is 7.16. The normalized spacial score (nSPS) is 13.8. The molecule has 1 fully saturated rings. The summed E-state index contributed by atoms with van der Waals surface area (Å²) >= 11 is 0. The van der Waals surface area contributed by atoms with Gasteiger partial charge in [-0.2, -0.15) is 0 Å². The van der Waals surface area contributed by atoms with Gasteiger partial charge in [-0.3, -0.25) is 9.52 Å². The van der Waals surface area contributed by atoms with Gasteiger partial charge in [0.25, 0.3) is 10.0 Å². The lowest BCUT2D eigenvalue weighted by atomic mass is 10.2. The fourth-order valence-corrected chi connectivity index (χ4v) is 5.12. The van der Waals surface area contributed by atoms with Crippen molar-refractivity contribution in [2.24, 2.45) is 0 Å². The largest absolute Gasteiger partial charge is 0.497 e. The highest BCUT2D eigenvalue weighted by Crippen LogP contribution is 2.31. The number of anilines is 3. The molecule has 0 spiro atoms. The van der Waals surface area contributed by atoms with Gasteiger partial charge in [0, 0.05) is 30.5 Å². The molecule has 1 aliphatic heterocycles. The van der Waals surface area contributed by atoms with Gasteiger partial charge >= 0.3 is 0 Å². The Kier molecular flexibility index (Phi) is 8.32. The van der Waals surface area contributed by atoms with Crippen LogP contribution in [0.4, 0.5) is 17.1 Å². The number of nitrogens with one attached hydrogen (secondary N) is 2. The van der Waals surface area contributed by atoms with Gasteiger partial charge in [0.1, 0.15) is 16.4 Å². The average molecular weight is 524 g/mol. The quantitative estimate of drug-likeness (QED) is 0.409. The zero-order valence-electron chi connectivity index (χ0n) is 20.6. The van der Waals surface area contributed by atoms with E-state index in [1.165, 1.54) is 12.1 Å². The molecule has 0 bridgehead atoms. The number of amides is 1. The summed E-state index contributed by atoms with van der Waals surface area (Å²) in [7, 11) is -0.859. The lowest BCUT2D eigenvalue weighted by molar-refractivity contribution is -0.111. The second-order valence-electron chi connectivity index (χ2n) is 8.21. The smallest absolute Gasteiger partial charge is 0.264 e. The van der Waals surface area contributed by atoms with Crippen molar-refractivity contribution in [2.75, 3.05) is 55.5 Å². The molecule has 37 heavy (non-hydrogen) atoms. The molecule has 0 aliphatic carbocycles. The summed E-state index contributed by atoms with van der Waals surface area (Å²) in [5.41, 5.74) is 2.11. The zero-order valence-corrected chi connectivity index (χ0v) is 21.5. The Hall–Kier alpha value is -4.02. The van der Waals surface area contributed by atoms with Crippen molar-refractivity contribution in [2.45, 2.75) is 4.90 Å². The molecule has 0 unspecified atom stereocenters. The van der Waals surface area contributed by atoms with Crippen LogP contribution in [0.1, 0.15) is 5.56 Å². The number of benzene rings is 3. The Morgan fingerprint density at radius 2 is 1.49 bits per heavy atom. The maximum Gasteiger partial charge on any atom is 0.264 e. The minimum Gasteiger partial charge on any atom is -0.497 e. The fourth-order valence-electron chi connectivity index (χ4n) is 3.81. The summed E-state index contributed by atoms with van der Waals surface area (Å²) < 4.78 is 45.3. The molecular formula is C27H29N3O6S. The van der Waals surface area contributed by atoms with E-state index in [1.54, 1.807) is 68.8 Å². The Labute approximate surface area is 216 Å². The number of nitrogens with zero attached hydrogens (tertiary/aromatic N) is 1. The van der Waals surface area contributed by atoms with E-state index >= 15 is 0 Å². The highest BCUT2D eigenvalue weighted by Gasteiger charge is 2.24. The minimum atomic E-state index is -3.99. The van der Waals surface area contributed by atoms with E-state index in [0.717, 1.165) is 11.3 Å². The lowest BCUT2D eigenvalue weighted by Gasteiger charge is -2.30. The van der Waals surface area contributed by atoms with Crippen molar-refractivity contribution in [3.05, 3.63) is 78.4 Å². The van der Waals surface area contributed by atoms with Crippen molar-refractivity contribution in [3.63, 3.8) is 0 Å². The molecule has 0 saturated carbocycles. The topological polar surface area (TPSA) is 106 Å². The predicted octanol–water partition coefficient (Wildman–Crippen LogP) is 3.99. The summed E-state index contributed by atoms with van der Waals surface area (Å²) in [6.45, 7) is 2.11. The van der Waals surface area contributed by atoms with Crippen molar-refractivity contribution < 1.29 is 27.4 Å². The van der Waals surface area contributed by atoms with Crippen molar-refractivity contribution in [1.82, 2.24) is 0 Å². The van der Waals surface area contributed by atoms with E-state index in [0.29, 0.717) is 49.1 Å². The number of rotatable bonds is 9. The second-order valence-corrected chi connectivity index (χ2v) is 9.86. The lowest BCUT2D eigenvalue weighted by Crippen LogP contribution is -2.37. The van der Waals surface area contributed by atoms with E-state index in [9.17, 15) is 13.2 Å². The summed E-state index contributed by atoms with van der Waals surface area (Å²) in [6, 6.07) is 18.7. The van der Waals surface area contributed by atoms with Crippen LogP contribution in [0.2, 0.25) is 0 Å². The monoisotopic (exact) mass is 523 g/mol. The van der Waals surface area contributed by atoms with Gasteiger partial charge in [-0.25, -0.2) is 8.42 Å². The Morgan fingerprint density at radius 1 is 0.892 bits per heavy atom. The Balaban J connectivity index is 1.58. The first-order valence-corrected chi connectivity index (χ1v) is 13.1. The van der Waals surface area contributed by atoms with Crippen LogP contribution in [0.25, 0.3) is 6.08 Å². The molecule has 3 aromatic rings. The standard InChI is InChI=1S/C27H29N3O6S/c1-34-23-9-3-20(4-10-23)5-14-27(31)28-22-8-13-25(30-15-17-36-18-16-30)26(19-22)37(32,33)29-21-6-11-24(35-2)12-7-21/h3-14,19,29H,15-18H2,1-2H3,(H,28,31)/b14-5+. The maximum atomic E-state index is 13.5. The van der Waals surface area contributed by atoms with Crippen LogP contribution < -0.4 is 24.4 Å². The van der Waals surface area contributed by atoms with E-state index in [4.69, 9.17) is 14.2 Å². The Bertz CT molecular complexity index is 1350. The molecule has 0 atom stereocenters. The van der Waals surface area contributed by atoms with Gasteiger partial charge in [0.2, 0.25) is 5.91 Å². The molecule has 1 amide bonds. The number of morpholine rings is 1. The van der Waals surface area contributed by atoms with E-state index in [1.807, 2.05) is 17.0 Å². The molecule has 194 valence electrons. The van der Waals surface area contributed by atoms with Crippen LogP contribution in [0.5, 0.6) is 11.5 Å². The minimum absolute atomic E-state index is 0.0575. The first-order chi connectivity index (χ1) is 17.9. The predicted molar refractivity (Wildman–Crippen MR) is 144 cm³/mol. The highest BCUT2D eigenvalue weighted by atomic mass is 32.2. The first kappa shape index (κ1) is 26.1. The molecule has 2 N–H and O–H groups in total. The SMILES string of the molecule is COc1ccc(/C=C/C(=O)Nc2ccc(N3CCOCC3)c(S(=O)(=O)Nc3ccc(OC)cc3)c2)cc1. The highest BCUT2D eigenvalue weighted by molar-refractivity contribution is 7.92. The molecule has 1 heterocycles.